The number of aromatic nitrogens is 3. The van der Waals surface area contributed by atoms with Crippen LogP contribution in [0.4, 0.5) is 10.2 Å². The molecular weight excluding hydrogens is 912 g/mol. The molecule has 1 aliphatic rings. The summed E-state index contributed by atoms with van der Waals surface area (Å²) in [5.41, 5.74) is 5.33. The Hall–Kier alpha value is -3.68. The summed E-state index contributed by atoms with van der Waals surface area (Å²) in [5.74, 6) is -1.30. The van der Waals surface area contributed by atoms with E-state index < -0.39 is 42.8 Å². The predicted molar refractivity (Wildman–Crippen MR) is 262 cm³/mol. The molecule has 5 atom stereocenters. The molecule has 0 saturated carbocycles. The number of nitriles is 1. The molecule has 68 heavy (non-hydrogen) atoms. The van der Waals surface area contributed by atoms with Crippen molar-refractivity contribution in [1.82, 2.24) is 14.6 Å². The minimum Gasteiger partial charge on any atom is -0.402 e. The Balaban J connectivity index is 1.22. The lowest BCUT2D eigenvalue weighted by Gasteiger charge is -2.36. The van der Waals surface area contributed by atoms with Crippen molar-refractivity contribution >= 4 is 30.8 Å². The number of benzene rings is 2. The van der Waals surface area contributed by atoms with Gasteiger partial charge in [0.1, 0.15) is 46.8 Å². The van der Waals surface area contributed by atoms with Crippen LogP contribution in [0.1, 0.15) is 160 Å². The molecule has 2 aromatic heterocycles. The van der Waals surface area contributed by atoms with Crippen molar-refractivity contribution in [2.24, 2.45) is 0 Å². The number of phosphoric acid groups is 1. The predicted octanol–water partition coefficient (Wildman–Crippen LogP) is 13.0. The Kier molecular flexibility index (Phi) is 22.0. The van der Waals surface area contributed by atoms with Crippen LogP contribution in [-0.2, 0) is 43.9 Å². The van der Waals surface area contributed by atoms with Crippen LogP contribution in [0.3, 0.4) is 0 Å². The monoisotopic (exact) mass is 985 g/mol. The van der Waals surface area contributed by atoms with Crippen LogP contribution in [0.5, 0.6) is 5.75 Å². The lowest BCUT2D eigenvalue weighted by atomic mass is 9.93. The van der Waals surface area contributed by atoms with E-state index in [9.17, 15) is 14.2 Å². The Morgan fingerprint density at radius 3 is 2.15 bits per heavy atom. The second kappa shape index (κ2) is 27.1. The molecule has 2 N–H and O–H groups in total. The third-order valence-electron chi connectivity index (χ3n) is 12.3. The highest BCUT2D eigenvalue weighted by Crippen LogP contribution is 2.53. The minimum absolute atomic E-state index is 0.0252. The zero-order valence-corrected chi connectivity index (χ0v) is 42.7. The maximum atomic E-state index is 15.0. The number of phosphoric ester groups is 1. The number of hydrogen-bond donors (Lipinski definition) is 1. The van der Waals surface area contributed by atoms with Crippen molar-refractivity contribution in [2.75, 3.05) is 39.3 Å². The fraction of sp³-hybridized carbons (Fsp3) is 0.627. The molecule has 376 valence electrons. The summed E-state index contributed by atoms with van der Waals surface area (Å²) in [6.07, 6.45) is 20.0. The van der Waals surface area contributed by atoms with Gasteiger partial charge in [0.2, 0.25) is 0 Å². The quantitative estimate of drug-likeness (QED) is 0.0353. The molecule has 2 aromatic carbocycles. The number of rotatable bonds is 33. The van der Waals surface area contributed by atoms with E-state index in [1.54, 1.807) is 68.6 Å². The van der Waals surface area contributed by atoms with Gasteiger partial charge >= 0.3 is 7.82 Å². The molecule has 1 saturated heterocycles. The molecule has 0 radical (unpaired) electrons. The molecule has 1 unspecified atom stereocenters. The van der Waals surface area contributed by atoms with E-state index >= 15 is 0 Å². The second-order valence-electron chi connectivity index (χ2n) is 18.8. The Morgan fingerprint density at radius 1 is 0.882 bits per heavy atom. The molecule has 0 bridgehead atoms. The fourth-order valence-electron chi connectivity index (χ4n) is 8.24. The molecule has 1 fully saturated rings. The number of fused-ring (bicyclic) bond motifs is 1. The average molecular weight is 987 g/mol. The standard InChI is InChI=1S/C51H74ClFN5O9P/c1-7-8-9-10-11-12-13-14-15-16-17-18-19-20-21-24-29-61-35-50(4,62-34-40-30-39(33-54)31-41(53)32-40)36-63-68(59,67-45-26-23-22-25-42(45)52)64-37-51(5,60-6)47-46(65-49(2,3)66-47)43-27-28-44-48(55)56-38-57-58(43)44/h22-23,25-28,30-32,38,46-47H,7-21,24,29,34-37H2,1-6H3,(H2,55,56,57)/t46-,47-,50+,51+,68?/m0/s1. The lowest BCUT2D eigenvalue weighted by molar-refractivity contribution is -0.180. The van der Waals surface area contributed by atoms with Gasteiger partial charge in [-0.15, -0.1) is 0 Å². The Bertz CT molecular complexity index is 2250. The highest BCUT2D eigenvalue weighted by molar-refractivity contribution is 7.49. The van der Waals surface area contributed by atoms with E-state index in [4.69, 9.17) is 54.6 Å². The number of unbranched alkanes of at least 4 members (excludes halogenated alkanes) is 15. The summed E-state index contributed by atoms with van der Waals surface area (Å²) in [7, 11) is -3.12. The molecule has 17 heteroatoms. The number of hydrogen-bond acceptors (Lipinski definition) is 13. The summed E-state index contributed by atoms with van der Waals surface area (Å²) < 4.78 is 81.1. The van der Waals surface area contributed by atoms with Crippen molar-refractivity contribution in [3.05, 3.63) is 88.6 Å². The van der Waals surface area contributed by atoms with Gasteiger partial charge < -0.3 is 33.9 Å². The molecular formula is C51H74ClFN5O9P. The van der Waals surface area contributed by atoms with Gasteiger partial charge in [-0.1, -0.05) is 127 Å². The molecule has 0 amide bonds. The van der Waals surface area contributed by atoms with E-state index in [0.717, 1.165) is 25.3 Å². The lowest BCUT2D eigenvalue weighted by Crippen LogP contribution is -2.48. The van der Waals surface area contributed by atoms with Crippen LogP contribution < -0.4 is 10.3 Å². The number of nitrogens with zero attached hydrogens (tertiary/aromatic N) is 4. The van der Waals surface area contributed by atoms with Gasteiger partial charge in [-0.05, 0) is 82.1 Å². The maximum Gasteiger partial charge on any atom is 0.530 e. The van der Waals surface area contributed by atoms with Crippen LogP contribution in [0.25, 0.3) is 5.52 Å². The highest BCUT2D eigenvalue weighted by atomic mass is 35.5. The first kappa shape index (κ1) is 55.2. The van der Waals surface area contributed by atoms with Crippen molar-refractivity contribution in [3.63, 3.8) is 0 Å². The number of halogens is 2. The first-order valence-electron chi connectivity index (χ1n) is 24.4. The summed E-state index contributed by atoms with van der Waals surface area (Å²) in [6, 6.07) is 16.1. The average Bonchev–Trinajstić information content (AvgIpc) is 3.91. The summed E-state index contributed by atoms with van der Waals surface area (Å²) in [6.45, 7) is 8.94. The van der Waals surface area contributed by atoms with E-state index in [1.165, 1.54) is 103 Å². The van der Waals surface area contributed by atoms with Gasteiger partial charge in [-0.3, -0.25) is 9.05 Å². The molecule has 0 aliphatic carbocycles. The first-order valence-corrected chi connectivity index (χ1v) is 26.2. The van der Waals surface area contributed by atoms with Crippen molar-refractivity contribution in [2.45, 2.75) is 173 Å². The van der Waals surface area contributed by atoms with Gasteiger partial charge in [0.15, 0.2) is 11.6 Å². The number of anilines is 1. The van der Waals surface area contributed by atoms with Crippen LogP contribution in [-0.4, -0.2) is 71.2 Å². The first-order chi connectivity index (χ1) is 32.6. The zero-order chi connectivity index (χ0) is 49.0. The van der Waals surface area contributed by atoms with Crippen LogP contribution in [0, 0.1) is 17.1 Å². The maximum absolute atomic E-state index is 15.0. The molecule has 1 aliphatic heterocycles. The van der Waals surface area contributed by atoms with E-state index in [1.807, 2.05) is 12.1 Å². The summed E-state index contributed by atoms with van der Waals surface area (Å²) >= 11 is 6.51. The van der Waals surface area contributed by atoms with Crippen LogP contribution in [0.15, 0.2) is 60.9 Å². The second-order valence-corrected chi connectivity index (χ2v) is 20.8. The van der Waals surface area contributed by atoms with E-state index in [-0.39, 0.29) is 48.6 Å². The molecule has 14 nitrogen and oxygen atoms in total. The molecule has 5 rings (SSSR count). The molecule has 0 spiro atoms. The van der Waals surface area contributed by atoms with Crippen molar-refractivity contribution in [1.29, 1.82) is 5.26 Å². The van der Waals surface area contributed by atoms with E-state index in [0.29, 0.717) is 23.4 Å². The third kappa shape index (κ3) is 17.0. The normalized spacial score (nSPS) is 18.5. The van der Waals surface area contributed by atoms with Gasteiger partial charge in [-0.2, -0.15) is 10.4 Å². The van der Waals surface area contributed by atoms with Crippen molar-refractivity contribution in [3.8, 4) is 11.8 Å². The fourth-order valence-corrected chi connectivity index (χ4v) is 9.90. The summed E-state index contributed by atoms with van der Waals surface area (Å²) in [5, 5.41) is 14.1. The number of para-hydroxylation sites is 1. The van der Waals surface area contributed by atoms with Gasteiger partial charge in [0.05, 0.1) is 48.8 Å². The van der Waals surface area contributed by atoms with Gasteiger partial charge in [-0.25, -0.2) is 18.5 Å². The Labute approximate surface area is 408 Å². The van der Waals surface area contributed by atoms with Gasteiger partial charge in [0, 0.05) is 13.7 Å². The number of methoxy groups -OCH3 is 1. The van der Waals surface area contributed by atoms with Gasteiger partial charge in [0.25, 0.3) is 0 Å². The van der Waals surface area contributed by atoms with Crippen LogP contribution in [0.2, 0.25) is 5.02 Å². The summed E-state index contributed by atoms with van der Waals surface area (Å²) in [4.78, 5) is 4.10. The molecule has 3 heterocycles. The zero-order valence-electron chi connectivity index (χ0n) is 41.0. The number of nitrogens with two attached hydrogens (primary N) is 1. The third-order valence-corrected chi connectivity index (χ3v) is 13.9. The smallest absolute Gasteiger partial charge is 0.402 e. The van der Waals surface area contributed by atoms with E-state index in [2.05, 4.69) is 17.0 Å². The largest absolute Gasteiger partial charge is 0.530 e. The minimum atomic E-state index is -4.61. The number of ether oxygens (including phenoxy) is 5. The highest BCUT2D eigenvalue weighted by Gasteiger charge is 2.54. The number of nitrogen functional groups attached to an aromatic ring is 1. The van der Waals surface area contributed by atoms with Crippen molar-refractivity contribution < 1.29 is 46.2 Å². The molecule has 4 aromatic rings. The Morgan fingerprint density at radius 2 is 1.51 bits per heavy atom. The topological polar surface area (TPSA) is 171 Å². The van der Waals surface area contributed by atoms with Crippen LogP contribution >= 0.6 is 19.4 Å². The SMILES string of the molecule is CCCCCCCCCCCCCCCCCCOC[C@](C)(COP(=O)(OC[C@@](C)(OC)[C@H]1OC(C)(C)O[C@H]1c1ccc2c(N)ncnn12)Oc1ccccc1Cl)OCc1cc(F)cc(C#N)c1.